The fourth-order valence-electron chi connectivity index (χ4n) is 1.33. The first-order valence-electron chi connectivity index (χ1n) is 5.20. The molecule has 0 aliphatic rings. The van der Waals surface area contributed by atoms with E-state index in [-0.39, 0.29) is 5.91 Å². The number of amides is 1. The lowest BCUT2D eigenvalue weighted by Crippen LogP contribution is -2.29. The lowest BCUT2D eigenvalue weighted by Gasteiger charge is -2.16. The number of methoxy groups -OCH3 is 1. The van der Waals surface area contributed by atoms with Gasteiger partial charge in [0.05, 0.1) is 6.61 Å². The number of hydrogen-bond donors (Lipinski definition) is 1. The molecule has 0 unspecified atom stereocenters. The van der Waals surface area contributed by atoms with Crippen molar-refractivity contribution in [2.45, 2.75) is 0 Å². The SMILES string of the molecule is COCCN(C)C(=O)c1ccc(C(N)=S)cc1. The van der Waals surface area contributed by atoms with Crippen molar-refractivity contribution in [3.05, 3.63) is 35.4 Å². The molecule has 1 amide bonds. The van der Waals surface area contributed by atoms with Crippen LogP contribution in [0, 0.1) is 0 Å². The van der Waals surface area contributed by atoms with Crippen molar-refractivity contribution < 1.29 is 9.53 Å². The fraction of sp³-hybridized carbons (Fsp3) is 0.333. The van der Waals surface area contributed by atoms with Gasteiger partial charge >= 0.3 is 0 Å². The van der Waals surface area contributed by atoms with Crippen LogP contribution < -0.4 is 5.73 Å². The van der Waals surface area contributed by atoms with Gasteiger partial charge in [0.2, 0.25) is 0 Å². The predicted octanol–water partition coefficient (Wildman–Crippen LogP) is 1.04. The molecule has 1 aromatic rings. The van der Waals surface area contributed by atoms with Crippen LogP contribution in [-0.2, 0) is 4.74 Å². The van der Waals surface area contributed by atoms with Crippen molar-refractivity contribution in [1.82, 2.24) is 4.90 Å². The Hall–Kier alpha value is -1.46. The van der Waals surface area contributed by atoms with Gasteiger partial charge in [0, 0.05) is 31.8 Å². The van der Waals surface area contributed by atoms with Crippen LogP contribution in [0.1, 0.15) is 15.9 Å². The summed E-state index contributed by atoms with van der Waals surface area (Å²) in [5.41, 5.74) is 6.86. The Labute approximate surface area is 106 Å². The minimum atomic E-state index is -0.0449. The normalized spacial score (nSPS) is 10.0. The molecular formula is C12H16N2O2S. The van der Waals surface area contributed by atoms with E-state index >= 15 is 0 Å². The van der Waals surface area contributed by atoms with E-state index in [0.717, 1.165) is 5.56 Å². The average Bonchev–Trinajstić information content (AvgIpc) is 2.35. The zero-order chi connectivity index (χ0) is 12.8. The number of ether oxygens (including phenoxy) is 1. The molecule has 0 radical (unpaired) electrons. The van der Waals surface area contributed by atoms with Crippen LogP contribution in [0.4, 0.5) is 0 Å². The van der Waals surface area contributed by atoms with Gasteiger partial charge in [-0.2, -0.15) is 0 Å². The number of rotatable bonds is 5. The van der Waals surface area contributed by atoms with Crippen LogP contribution in [0.25, 0.3) is 0 Å². The van der Waals surface area contributed by atoms with Gasteiger partial charge in [-0.3, -0.25) is 4.79 Å². The van der Waals surface area contributed by atoms with Crippen molar-refractivity contribution >= 4 is 23.1 Å². The van der Waals surface area contributed by atoms with Crippen molar-refractivity contribution in [3.8, 4) is 0 Å². The minimum Gasteiger partial charge on any atom is -0.389 e. The van der Waals surface area contributed by atoms with Crippen LogP contribution in [-0.4, -0.2) is 43.1 Å². The van der Waals surface area contributed by atoms with Crippen LogP contribution in [0.5, 0.6) is 0 Å². The third kappa shape index (κ3) is 3.80. The van der Waals surface area contributed by atoms with Gasteiger partial charge in [0.15, 0.2) is 0 Å². The van der Waals surface area contributed by atoms with Crippen molar-refractivity contribution in [2.24, 2.45) is 5.73 Å². The van der Waals surface area contributed by atoms with E-state index in [2.05, 4.69) is 0 Å². The first kappa shape index (κ1) is 13.6. The second-order valence-electron chi connectivity index (χ2n) is 3.66. The predicted molar refractivity (Wildman–Crippen MR) is 71.2 cm³/mol. The molecule has 0 aliphatic heterocycles. The maximum Gasteiger partial charge on any atom is 0.253 e. The number of likely N-dealkylation sites (N-methyl/N-ethyl adjacent to an activating group) is 1. The molecular weight excluding hydrogens is 236 g/mol. The number of nitrogens with two attached hydrogens (primary N) is 1. The first-order chi connectivity index (χ1) is 8.06. The molecule has 0 atom stereocenters. The standard InChI is InChI=1S/C12H16N2O2S/c1-14(7-8-16-2)12(15)10-5-3-9(4-6-10)11(13)17/h3-6H,7-8H2,1-2H3,(H2,13,17). The third-order valence-corrected chi connectivity index (χ3v) is 2.63. The number of nitrogens with zero attached hydrogens (tertiary/aromatic N) is 1. The third-order valence-electron chi connectivity index (χ3n) is 2.39. The highest BCUT2D eigenvalue weighted by atomic mass is 32.1. The summed E-state index contributed by atoms with van der Waals surface area (Å²) in [7, 11) is 3.35. The van der Waals surface area contributed by atoms with Crippen molar-refractivity contribution in [1.29, 1.82) is 0 Å². The van der Waals surface area contributed by atoms with Gasteiger partial charge in [-0.15, -0.1) is 0 Å². The monoisotopic (exact) mass is 252 g/mol. The maximum absolute atomic E-state index is 11.9. The summed E-state index contributed by atoms with van der Waals surface area (Å²) < 4.78 is 4.92. The molecule has 1 rings (SSSR count). The summed E-state index contributed by atoms with van der Waals surface area (Å²) in [5.74, 6) is -0.0449. The Bertz CT molecular complexity index is 403. The van der Waals surface area contributed by atoms with Gasteiger partial charge in [0.25, 0.3) is 5.91 Å². The number of benzene rings is 1. The van der Waals surface area contributed by atoms with E-state index in [1.807, 2.05) is 0 Å². The molecule has 4 nitrogen and oxygen atoms in total. The van der Waals surface area contributed by atoms with Crippen molar-refractivity contribution in [2.75, 3.05) is 27.3 Å². The van der Waals surface area contributed by atoms with Gasteiger partial charge in [-0.05, 0) is 12.1 Å². The van der Waals surface area contributed by atoms with E-state index in [1.54, 1.807) is 43.3 Å². The molecule has 0 aromatic heterocycles. The van der Waals surface area contributed by atoms with E-state index < -0.39 is 0 Å². The molecule has 0 saturated carbocycles. The Morgan fingerprint density at radius 1 is 1.35 bits per heavy atom. The Morgan fingerprint density at radius 2 is 1.88 bits per heavy atom. The first-order valence-corrected chi connectivity index (χ1v) is 5.61. The maximum atomic E-state index is 11.9. The highest BCUT2D eigenvalue weighted by Crippen LogP contribution is 2.07. The van der Waals surface area contributed by atoms with Crippen LogP contribution in [0.3, 0.4) is 0 Å². The highest BCUT2D eigenvalue weighted by Gasteiger charge is 2.11. The molecule has 0 spiro atoms. The van der Waals surface area contributed by atoms with Gasteiger partial charge in [0.1, 0.15) is 4.99 Å². The molecule has 5 heteroatoms. The van der Waals surface area contributed by atoms with E-state index in [4.69, 9.17) is 22.7 Å². The second-order valence-corrected chi connectivity index (χ2v) is 4.10. The fourth-order valence-corrected chi connectivity index (χ4v) is 1.46. The topological polar surface area (TPSA) is 55.6 Å². The van der Waals surface area contributed by atoms with Crippen LogP contribution in [0.2, 0.25) is 0 Å². The Morgan fingerprint density at radius 3 is 2.35 bits per heavy atom. The number of thiocarbonyl (C=S) groups is 1. The molecule has 0 bridgehead atoms. The molecule has 0 aliphatic carbocycles. The second kappa shape index (κ2) is 6.32. The smallest absolute Gasteiger partial charge is 0.253 e. The molecule has 0 fully saturated rings. The average molecular weight is 252 g/mol. The lowest BCUT2D eigenvalue weighted by atomic mass is 10.1. The summed E-state index contributed by atoms with van der Waals surface area (Å²) in [6, 6.07) is 6.94. The zero-order valence-electron chi connectivity index (χ0n) is 9.97. The summed E-state index contributed by atoms with van der Waals surface area (Å²) in [6.45, 7) is 1.08. The van der Waals surface area contributed by atoms with Gasteiger partial charge in [-0.1, -0.05) is 24.4 Å². The van der Waals surface area contributed by atoms with Gasteiger partial charge in [-0.25, -0.2) is 0 Å². The summed E-state index contributed by atoms with van der Waals surface area (Å²) in [6.07, 6.45) is 0. The van der Waals surface area contributed by atoms with Crippen LogP contribution >= 0.6 is 12.2 Å². The minimum absolute atomic E-state index is 0.0449. The largest absolute Gasteiger partial charge is 0.389 e. The van der Waals surface area contributed by atoms with E-state index in [9.17, 15) is 4.79 Å². The quantitative estimate of drug-likeness (QED) is 0.796. The summed E-state index contributed by atoms with van der Waals surface area (Å²) in [5, 5.41) is 0. The number of carbonyl (C=O) groups is 1. The molecule has 17 heavy (non-hydrogen) atoms. The molecule has 92 valence electrons. The van der Waals surface area contributed by atoms with Gasteiger partial charge < -0.3 is 15.4 Å². The molecule has 2 N–H and O–H groups in total. The summed E-state index contributed by atoms with van der Waals surface area (Å²) in [4.78, 5) is 13.9. The zero-order valence-corrected chi connectivity index (χ0v) is 10.8. The molecule has 0 heterocycles. The lowest BCUT2D eigenvalue weighted by molar-refractivity contribution is 0.0744. The highest BCUT2D eigenvalue weighted by molar-refractivity contribution is 7.80. The molecule has 0 saturated heterocycles. The number of hydrogen-bond acceptors (Lipinski definition) is 3. The van der Waals surface area contributed by atoms with Crippen molar-refractivity contribution in [3.63, 3.8) is 0 Å². The Kier molecular flexibility index (Phi) is 5.06. The number of carbonyl (C=O) groups excluding carboxylic acids is 1. The van der Waals surface area contributed by atoms with E-state index in [0.29, 0.717) is 23.7 Å². The van der Waals surface area contributed by atoms with Crippen LogP contribution in [0.15, 0.2) is 24.3 Å². The van der Waals surface area contributed by atoms with E-state index in [1.165, 1.54) is 0 Å². The summed E-state index contributed by atoms with van der Waals surface area (Å²) >= 11 is 4.85. The Balaban J connectivity index is 2.72. The molecule has 1 aromatic carbocycles.